The molecule has 0 saturated carbocycles. The number of ether oxygens (including phenoxy) is 3. The maximum atomic E-state index is 10.8. The highest BCUT2D eigenvalue weighted by atomic mass is 28.4. The van der Waals surface area contributed by atoms with Gasteiger partial charge in [0.2, 0.25) is 0 Å². The predicted molar refractivity (Wildman–Crippen MR) is 118 cm³/mol. The van der Waals surface area contributed by atoms with Gasteiger partial charge in [-0.25, -0.2) is 0 Å². The van der Waals surface area contributed by atoms with E-state index in [1.807, 2.05) is 26.0 Å². The second kappa shape index (κ2) is 7.86. The number of hydrogen-bond donors (Lipinski definition) is 1. The summed E-state index contributed by atoms with van der Waals surface area (Å²) in [6, 6.07) is 20.9. The van der Waals surface area contributed by atoms with Gasteiger partial charge in [-0.2, -0.15) is 0 Å². The molecule has 5 nitrogen and oxygen atoms in total. The van der Waals surface area contributed by atoms with Crippen LogP contribution >= 0.6 is 0 Å². The molecule has 30 heavy (non-hydrogen) atoms. The monoisotopic (exact) mass is 428 g/mol. The summed E-state index contributed by atoms with van der Waals surface area (Å²) in [4.78, 5) is 0. The Hall–Kier alpha value is -1.54. The van der Waals surface area contributed by atoms with Crippen LogP contribution in [0.15, 0.2) is 60.7 Å². The smallest absolute Gasteiger partial charge is 0.261 e. The third-order valence-corrected chi connectivity index (χ3v) is 11.0. The second-order valence-electron chi connectivity index (χ2n) is 9.61. The molecule has 0 spiro atoms. The van der Waals surface area contributed by atoms with Gasteiger partial charge in [0.25, 0.3) is 8.32 Å². The lowest BCUT2D eigenvalue weighted by Crippen LogP contribution is -2.67. The number of benzene rings is 2. The van der Waals surface area contributed by atoms with Crippen molar-refractivity contribution in [1.82, 2.24) is 0 Å². The van der Waals surface area contributed by atoms with E-state index in [2.05, 4.69) is 69.3 Å². The highest BCUT2D eigenvalue weighted by Crippen LogP contribution is 2.40. The van der Waals surface area contributed by atoms with Gasteiger partial charge in [0.15, 0.2) is 12.1 Å². The fourth-order valence-electron chi connectivity index (χ4n) is 4.66. The van der Waals surface area contributed by atoms with Crippen LogP contribution in [0.2, 0.25) is 5.04 Å². The third-order valence-electron chi connectivity index (χ3n) is 6.00. The Labute approximate surface area is 180 Å². The van der Waals surface area contributed by atoms with E-state index < -0.39 is 38.7 Å². The second-order valence-corrected chi connectivity index (χ2v) is 13.9. The Morgan fingerprint density at radius 3 is 1.93 bits per heavy atom. The fourth-order valence-corrected chi connectivity index (χ4v) is 9.23. The molecule has 162 valence electrons. The van der Waals surface area contributed by atoms with E-state index in [-0.39, 0.29) is 11.6 Å². The van der Waals surface area contributed by atoms with Gasteiger partial charge in [0.05, 0.1) is 6.61 Å². The molecule has 2 saturated heterocycles. The molecule has 4 rings (SSSR count). The van der Waals surface area contributed by atoms with Gasteiger partial charge in [-0.05, 0) is 29.3 Å². The number of fused-ring (bicyclic) bond motifs is 1. The molecular formula is C24H32O5Si. The quantitative estimate of drug-likeness (QED) is 0.742. The van der Waals surface area contributed by atoms with Crippen molar-refractivity contribution in [1.29, 1.82) is 0 Å². The van der Waals surface area contributed by atoms with Crippen LogP contribution in [-0.4, -0.2) is 50.4 Å². The zero-order valence-corrected chi connectivity index (χ0v) is 19.4. The number of aliphatic hydroxyl groups is 1. The topological polar surface area (TPSA) is 57.2 Å². The summed E-state index contributed by atoms with van der Waals surface area (Å²) in [6.07, 6.45) is -2.36. The Morgan fingerprint density at radius 2 is 1.47 bits per heavy atom. The lowest BCUT2D eigenvalue weighted by molar-refractivity contribution is -0.217. The maximum Gasteiger partial charge on any atom is 0.261 e. The van der Waals surface area contributed by atoms with Crippen LogP contribution in [0.4, 0.5) is 0 Å². The van der Waals surface area contributed by atoms with Crippen molar-refractivity contribution >= 4 is 18.7 Å². The molecule has 0 radical (unpaired) electrons. The van der Waals surface area contributed by atoms with Gasteiger partial charge in [-0.3, -0.25) is 0 Å². The molecule has 2 aliphatic rings. The summed E-state index contributed by atoms with van der Waals surface area (Å²) >= 11 is 0. The normalized spacial score (nSPS) is 28.5. The fraction of sp³-hybridized carbons (Fsp3) is 0.500. The van der Waals surface area contributed by atoms with Crippen LogP contribution in [0.3, 0.4) is 0 Å². The zero-order valence-electron chi connectivity index (χ0n) is 18.4. The molecule has 2 aromatic carbocycles. The summed E-state index contributed by atoms with van der Waals surface area (Å²) in [5.74, 6) is -0.750. The number of rotatable bonds is 5. The highest BCUT2D eigenvalue weighted by molar-refractivity contribution is 6.99. The molecule has 0 aliphatic carbocycles. The molecule has 0 aromatic heterocycles. The summed E-state index contributed by atoms with van der Waals surface area (Å²) < 4.78 is 24.5. The Bertz CT molecular complexity index is 809. The Morgan fingerprint density at radius 1 is 0.933 bits per heavy atom. The average Bonchev–Trinajstić information content (AvgIpc) is 3.15. The first-order valence-corrected chi connectivity index (χ1v) is 12.5. The summed E-state index contributed by atoms with van der Waals surface area (Å²) in [6.45, 7) is 10.6. The number of aliphatic hydroxyl groups excluding tert-OH is 1. The van der Waals surface area contributed by atoms with Crippen molar-refractivity contribution in [3.05, 3.63) is 60.7 Å². The molecule has 2 aromatic rings. The molecular weight excluding hydrogens is 396 g/mol. The maximum absolute atomic E-state index is 10.8. The Kier molecular flexibility index (Phi) is 5.68. The minimum atomic E-state index is -2.68. The van der Waals surface area contributed by atoms with E-state index in [1.165, 1.54) is 10.4 Å². The number of hydrogen-bond acceptors (Lipinski definition) is 5. The van der Waals surface area contributed by atoms with Gasteiger partial charge in [-0.1, -0.05) is 81.4 Å². The summed E-state index contributed by atoms with van der Waals surface area (Å²) in [5.41, 5.74) is 0. The summed E-state index contributed by atoms with van der Waals surface area (Å²) in [5, 5.41) is 13.1. The molecule has 2 fully saturated rings. The van der Waals surface area contributed by atoms with Crippen LogP contribution in [0.1, 0.15) is 34.6 Å². The van der Waals surface area contributed by atoms with Crippen molar-refractivity contribution < 1.29 is 23.7 Å². The minimum Gasteiger partial charge on any atom is -0.405 e. The third kappa shape index (κ3) is 3.77. The van der Waals surface area contributed by atoms with Crippen LogP contribution in [0.25, 0.3) is 0 Å². The molecule has 1 N–H and O–H groups in total. The van der Waals surface area contributed by atoms with Crippen LogP contribution in [0, 0.1) is 0 Å². The minimum absolute atomic E-state index is 0.135. The van der Waals surface area contributed by atoms with Crippen molar-refractivity contribution in [3.8, 4) is 0 Å². The lowest BCUT2D eigenvalue weighted by Gasteiger charge is -2.43. The van der Waals surface area contributed by atoms with E-state index in [0.29, 0.717) is 0 Å². The van der Waals surface area contributed by atoms with Crippen molar-refractivity contribution in [2.24, 2.45) is 0 Å². The zero-order chi connectivity index (χ0) is 21.6. The van der Waals surface area contributed by atoms with E-state index in [1.54, 1.807) is 0 Å². The van der Waals surface area contributed by atoms with Gasteiger partial charge >= 0.3 is 0 Å². The molecule has 0 amide bonds. The van der Waals surface area contributed by atoms with Crippen molar-refractivity contribution in [3.63, 3.8) is 0 Å². The van der Waals surface area contributed by atoms with Gasteiger partial charge in [0, 0.05) is 0 Å². The van der Waals surface area contributed by atoms with E-state index >= 15 is 0 Å². The first-order chi connectivity index (χ1) is 14.1. The van der Waals surface area contributed by atoms with Crippen molar-refractivity contribution in [2.75, 3.05) is 6.61 Å². The van der Waals surface area contributed by atoms with Crippen LogP contribution in [0.5, 0.6) is 0 Å². The van der Waals surface area contributed by atoms with Crippen LogP contribution < -0.4 is 10.4 Å². The predicted octanol–water partition coefficient (Wildman–Crippen LogP) is 2.80. The largest absolute Gasteiger partial charge is 0.405 e. The highest BCUT2D eigenvalue weighted by Gasteiger charge is 2.56. The standard InChI is InChI=1S/C24H32O5Si/c1-23(2,3)30(17-12-8-6-9-13-17,18-14-10-7-11-15-18)26-16-19-20(25)21-22(27-19)29-24(4,5)28-21/h6-15,19-22,25H,16H2,1-5H3/t19?,20?,21-,22-/m0/s1. The first kappa shape index (κ1) is 21.7. The average molecular weight is 429 g/mol. The van der Waals surface area contributed by atoms with Crippen molar-refractivity contribution in [2.45, 2.75) is 70.0 Å². The molecule has 2 heterocycles. The van der Waals surface area contributed by atoms with E-state index in [4.69, 9.17) is 18.6 Å². The molecule has 6 heteroatoms. The molecule has 4 atom stereocenters. The van der Waals surface area contributed by atoms with Gasteiger partial charge < -0.3 is 23.7 Å². The van der Waals surface area contributed by atoms with Crippen LogP contribution in [-0.2, 0) is 18.6 Å². The SMILES string of the molecule is CC1(C)O[C@@H]2OC(CO[Si](c3ccccc3)(c3ccccc3)C(C)(C)C)C(O)[C@@H]2O1. The summed E-state index contributed by atoms with van der Waals surface area (Å²) in [7, 11) is -2.68. The van der Waals surface area contributed by atoms with Gasteiger partial charge in [0.1, 0.15) is 18.3 Å². The molecule has 2 aliphatic heterocycles. The molecule has 0 bridgehead atoms. The molecule has 2 unspecified atom stereocenters. The lowest BCUT2D eigenvalue weighted by atomic mass is 10.1. The van der Waals surface area contributed by atoms with Gasteiger partial charge in [-0.15, -0.1) is 0 Å². The first-order valence-electron chi connectivity index (χ1n) is 10.6. The van der Waals surface area contributed by atoms with E-state index in [0.717, 1.165) is 0 Å². The van der Waals surface area contributed by atoms with E-state index in [9.17, 15) is 5.11 Å². The Balaban J connectivity index is 1.65.